The average molecular weight is 339 g/mol. The lowest BCUT2D eigenvalue weighted by Gasteiger charge is -1.98. The normalized spacial score (nSPS) is 15.0. The van der Waals surface area contributed by atoms with E-state index in [-0.39, 0.29) is 23.0 Å². The number of ether oxygens (including phenoxy) is 1. The summed E-state index contributed by atoms with van der Waals surface area (Å²) in [6, 6.07) is 11.0. The van der Waals surface area contributed by atoms with Crippen LogP contribution in [0.15, 0.2) is 59.2 Å². The van der Waals surface area contributed by atoms with Gasteiger partial charge in [-0.25, -0.2) is 9.79 Å². The summed E-state index contributed by atoms with van der Waals surface area (Å²) in [6.07, 6.45) is 1.43. The second-order valence-corrected chi connectivity index (χ2v) is 4.99. The molecular formula is C16H9N3O6. The van der Waals surface area contributed by atoms with Crippen LogP contribution in [-0.2, 0) is 9.53 Å². The molecule has 124 valence electrons. The van der Waals surface area contributed by atoms with Gasteiger partial charge in [0.2, 0.25) is 5.90 Å². The zero-order valence-electron chi connectivity index (χ0n) is 12.5. The molecule has 1 aliphatic rings. The topological polar surface area (TPSA) is 125 Å². The third-order valence-electron chi connectivity index (χ3n) is 3.35. The van der Waals surface area contributed by atoms with Gasteiger partial charge in [-0.1, -0.05) is 0 Å². The molecule has 0 aliphatic carbocycles. The minimum absolute atomic E-state index is 0.0298. The van der Waals surface area contributed by atoms with Gasteiger partial charge in [0.05, 0.1) is 9.85 Å². The molecule has 0 amide bonds. The number of aliphatic imine (C=N–C) groups is 1. The van der Waals surface area contributed by atoms with Gasteiger partial charge in [0.25, 0.3) is 11.4 Å². The summed E-state index contributed by atoms with van der Waals surface area (Å²) < 4.78 is 5.06. The summed E-state index contributed by atoms with van der Waals surface area (Å²) in [5, 5.41) is 21.3. The second-order valence-electron chi connectivity index (χ2n) is 4.99. The van der Waals surface area contributed by atoms with Crippen LogP contribution in [0.25, 0.3) is 6.08 Å². The smallest absolute Gasteiger partial charge is 0.363 e. The molecule has 25 heavy (non-hydrogen) atoms. The van der Waals surface area contributed by atoms with Crippen molar-refractivity contribution in [2.24, 2.45) is 4.99 Å². The van der Waals surface area contributed by atoms with Crippen molar-refractivity contribution in [3.63, 3.8) is 0 Å². The van der Waals surface area contributed by atoms with E-state index < -0.39 is 15.8 Å². The van der Waals surface area contributed by atoms with Gasteiger partial charge < -0.3 is 4.74 Å². The monoisotopic (exact) mass is 339 g/mol. The molecule has 3 rings (SSSR count). The molecule has 1 aliphatic heterocycles. The van der Waals surface area contributed by atoms with Crippen molar-refractivity contribution in [3.8, 4) is 0 Å². The number of esters is 1. The summed E-state index contributed by atoms with van der Waals surface area (Å²) in [6.45, 7) is 0. The lowest BCUT2D eigenvalue weighted by Crippen LogP contribution is -2.05. The lowest BCUT2D eigenvalue weighted by molar-refractivity contribution is -0.385. The van der Waals surface area contributed by atoms with E-state index >= 15 is 0 Å². The van der Waals surface area contributed by atoms with Crippen LogP contribution in [0.3, 0.4) is 0 Å². The number of nitro groups is 2. The molecule has 9 heteroatoms. The van der Waals surface area contributed by atoms with Crippen molar-refractivity contribution in [3.05, 3.63) is 85.6 Å². The van der Waals surface area contributed by atoms with E-state index in [0.29, 0.717) is 11.1 Å². The summed E-state index contributed by atoms with van der Waals surface area (Å²) in [4.78, 5) is 36.2. The van der Waals surface area contributed by atoms with E-state index in [0.717, 1.165) is 0 Å². The van der Waals surface area contributed by atoms with Crippen molar-refractivity contribution in [1.29, 1.82) is 0 Å². The van der Waals surface area contributed by atoms with E-state index in [1.165, 1.54) is 54.6 Å². The number of carbonyl (C=O) groups excluding carboxylic acids is 1. The average Bonchev–Trinajstić information content (AvgIpc) is 2.96. The highest BCUT2D eigenvalue weighted by Crippen LogP contribution is 2.21. The van der Waals surface area contributed by atoms with E-state index in [1.807, 2.05) is 0 Å². The van der Waals surface area contributed by atoms with Crippen molar-refractivity contribution in [2.75, 3.05) is 0 Å². The third kappa shape index (κ3) is 3.39. The minimum Gasteiger partial charge on any atom is -0.402 e. The highest BCUT2D eigenvalue weighted by molar-refractivity contribution is 6.12. The zero-order chi connectivity index (χ0) is 18.0. The van der Waals surface area contributed by atoms with Gasteiger partial charge in [-0.05, 0) is 35.9 Å². The molecule has 2 aromatic carbocycles. The molecular weight excluding hydrogens is 330 g/mol. The van der Waals surface area contributed by atoms with Crippen LogP contribution in [0.5, 0.6) is 0 Å². The number of hydrogen-bond acceptors (Lipinski definition) is 7. The molecule has 0 saturated heterocycles. The van der Waals surface area contributed by atoms with E-state index in [2.05, 4.69) is 4.99 Å². The van der Waals surface area contributed by atoms with Gasteiger partial charge in [-0.2, -0.15) is 0 Å². The van der Waals surface area contributed by atoms with Crippen molar-refractivity contribution in [1.82, 2.24) is 0 Å². The molecule has 0 saturated carbocycles. The van der Waals surface area contributed by atoms with Crippen molar-refractivity contribution < 1.29 is 19.4 Å². The van der Waals surface area contributed by atoms with Crippen LogP contribution in [0.4, 0.5) is 11.4 Å². The van der Waals surface area contributed by atoms with E-state index in [1.54, 1.807) is 0 Å². The number of rotatable bonds is 4. The van der Waals surface area contributed by atoms with Crippen LogP contribution in [0.1, 0.15) is 11.1 Å². The molecule has 0 fully saturated rings. The fourth-order valence-corrected chi connectivity index (χ4v) is 2.11. The summed E-state index contributed by atoms with van der Waals surface area (Å²) in [7, 11) is 0. The minimum atomic E-state index is -0.674. The Balaban J connectivity index is 1.86. The standard InChI is InChI=1S/C16H9N3O6/c20-16-14(9-10-1-5-12(6-2-10)18(21)22)17-15(25-16)11-3-7-13(8-4-11)19(23)24/h1-9H. The maximum absolute atomic E-state index is 11.9. The maximum atomic E-state index is 11.9. The lowest BCUT2D eigenvalue weighted by atomic mass is 10.2. The number of benzene rings is 2. The Morgan fingerprint density at radius 3 is 1.92 bits per heavy atom. The first kappa shape index (κ1) is 16.0. The fraction of sp³-hybridized carbons (Fsp3) is 0. The Morgan fingerprint density at radius 2 is 1.40 bits per heavy atom. The molecule has 0 bridgehead atoms. The fourth-order valence-electron chi connectivity index (χ4n) is 2.11. The molecule has 0 radical (unpaired) electrons. The van der Waals surface area contributed by atoms with Crippen LogP contribution >= 0.6 is 0 Å². The Morgan fingerprint density at radius 1 is 0.880 bits per heavy atom. The predicted octanol–water partition coefficient (Wildman–Crippen LogP) is 2.85. The summed E-state index contributed by atoms with van der Waals surface area (Å²) in [5.74, 6) is -0.639. The molecule has 0 atom stereocenters. The highest BCUT2D eigenvalue weighted by Gasteiger charge is 2.24. The van der Waals surface area contributed by atoms with E-state index in [9.17, 15) is 25.0 Å². The predicted molar refractivity (Wildman–Crippen MR) is 86.8 cm³/mol. The SMILES string of the molecule is O=C1OC(c2ccc([N+](=O)[O-])cc2)=NC1=Cc1ccc([N+](=O)[O-])cc1. The Hall–Kier alpha value is -3.88. The number of nitro benzene ring substituents is 2. The zero-order valence-corrected chi connectivity index (χ0v) is 12.5. The molecule has 0 N–H and O–H groups in total. The molecule has 0 aromatic heterocycles. The van der Waals surface area contributed by atoms with Gasteiger partial charge in [0.15, 0.2) is 5.70 Å². The van der Waals surface area contributed by atoms with Crippen LogP contribution < -0.4 is 0 Å². The molecule has 1 heterocycles. The van der Waals surface area contributed by atoms with Crippen molar-refractivity contribution >= 4 is 29.3 Å². The Bertz CT molecular complexity index is 929. The third-order valence-corrected chi connectivity index (χ3v) is 3.35. The summed E-state index contributed by atoms with van der Waals surface area (Å²) in [5.41, 5.74) is 0.848. The number of non-ortho nitro benzene ring substituents is 2. The quantitative estimate of drug-likeness (QED) is 0.365. The Kier molecular flexibility index (Phi) is 4.04. The number of hydrogen-bond donors (Lipinski definition) is 0. The Labute approximate surface area is 140 Å². The van der Waals surface area contributed by atoms with Crippen LogP contribution in [0.2, 0.25) is 0 Å². The molecule has 9 nitrogen and oxygen atoms in total. The van der Waals surface area contributed by atoms with Crippen LogP contribution in [-0.4, -0.2) is 21.7 Å². The van der Waals surface area contributed by atoms with Gasteiger partial charge in [0.1, 0.15) is 0 Å². The van der Waals surface area contributed by atoms with Gasteiger partial charge in [0, 0.05) is 29.8 Å². The second kappa shape index (κ2) is 6.32. The van der Waals surface area contributed by atoms with Crippen molar-refractivity contribution in [2.45, 2.75) is 0 Å². The largest absolute Gasteiger partial charge is 0.402 e. The first-order chi connectivity index (χ1) is 11.9. The number of cyclic esters (lactones) is 1. The maximum Gasteiger partial charge on any atom is 0.363 e. The first-order valence-electron chi connectivity index (χ1n) is 6.96. The molecule has 0 unspecified atom stereocenters. The van der Waals surface area contributed by atoms with Crippen LogP contribution in [0, 0.1) is 20.2 Å². The first-order valence-corrected chi connectivity index (χ1v) is 6.96. The highest BCUT2D eigenvalue weighted by atomic mass is 16.6. The van der Waals surface area contributed by atoms with E-state index in [4.69, 9.17) is 4.74 Å². The molecule has 2 aromatic rings. The van der Waals surface area contributed by atoms with Gasteiger partial charge >= 0.3 is 5.97 Å². The molecule has 0 spiro atoms. The van der Waals surface area contributed by atoms with Gasteiger partial charge in [-0.3, -0.25) is 20.2 Å². The van der Waals surface area contributed by atoms with Gasteiger partial charge in [-0.15, -0.1) is 0 Å². The summed E-state index contributed by atoms with van der Waals surface area (Å²) >= 11 is 0. The number of nitrogens with zero attached hydrogens (tertiary/aromatic N) is 3. The number of carbonyl (C=O) groups is 1.